The predicted molar refractivity (Wildman–Crippen MR) is 95.3 cm³/mol. The molecule has 0 radical (unpaired) electrons. The van der Waals surface area contributed by atoms with E-state index in [1.54, 1.807) is 11.3 Å². The number of aryl methyl sites for hydroxylation is 1. The second kappa shape index (κ2) is 6.24. The fraction of sp³-hybridized carbons (Fsp3) is 0.389. The number of anilines is 2. The highest BCUT2D eigenvalue weighted by molar-refractivity contribution is 7.08. The summed E-state index contributed by atoms with van der Waals surface area (Å²) in [5.41, 5.74) is 4.06. The van der Waals surface area contributed by atoms with Gasteiger partial charge in [0, 0.05) is 16.8 Å². The summed E-state index contributed by atoms with van der Waals surface area (Å²) in [4.78, 5) is 11.9. The van der Waals surface area contributed by atoms with Crippen molar-refractivity contribution in [2.45, 2.75) is 45.3 Å². The number of rotatable bonds is 3. The first-order chi connectivity index (χ1) is 10.9. The van der Waals surface area contributed by atoms with E-state index < -0.39 is 11.7 Å². The molecule has 1 unspecified atom stereocenters. The van der Waals surface area contributed by atoms with Gasteiger partial charge in [-0.25, -0.2) is 4.79 Å². The topological polar surface area (TPSA) is 50.4 Å². The fourth-order valence-electron chi connectivity index (χ4n) is 2.81. The lowest BCUT2D eigenvalue weighted by Gasteiger charge is -2.20. The molecule has 3 rings (SSSR count). The van der Waals surface area contributed by atoms with Gasteiger partial charge < -0.3 is 10.1 Å². The monoisotopic (exact) mass is 330 g/mol. The maximum absolute atomic E-state index is 11.9. The smallest absolute Gasteiger partial charge is 0.412 e. The molecule has 1 heterocycles. The Morgan fingerprint density at radius 3 is 2.78 bits per heavy atom. The van der Waals surface area contributed by atoms with Crippen LogP contribution in [0.25, 0.3) is 0 Å². The number of thiophene rings is 1. The number of carbonyl (C=O) groups is 1. The van der Waals surface area contributed by atoms with Crippen LogP contribution in [0, 0.1) is 0 Å². The number of fused-ring (bicyclic) bond motifs is 1. The Morgan fingerprint density at radius 2 is 2.09 bits per heavy atom. The van der Waals surface area contributed by atoms with Crippen LogP contribution in [0.3, 0.4) is 0 Å². The molecule has 1 amide bonds. The highest BCUT2D eigenvalue weighted by Gasteiger charge is 2.23. The Balaban J connectivity index is 1.68. The highest BCUT2D eigenvalue weighted by Crippen LogP contribution is 2.35. The van der Waals surface area contributed by atoms with Crippen LogP contribution in [0.1, 0.15) is 44.4 Å². The summed E-state index contributed by atoms with van der Waals surface area (Å²) >= 11 is 1.69. The molecule has 2 N–H and O–H groups in total. The molecule has 0 fully saturated rings. The SMILES string of the molecule is CC(C)(C)OC(=O)Nc1ccc2c(c1)CCC2Nc1ccsc1. The molecule has 0 bridgehead atoms. The quantitative estimate of drug-likeness (QED) is 0.814. The van der Waals surface area contributed by atoms with Crippen molar-refractivity contribution >= 4 is 28.8 Å². The van der Waals surface area contributed by atoms with Crippen LogP contribution >= 0.6 is 11.3 Å². The molecule has 0 spiro atoms. The minimum Gasteiger partial charge on any atom is -0.444 e. The van der Waals surface area contributed by atoms with Crippen LogP contribution < -0.4 is 10.6 Å². The lowest BCUT2D eigenvalue weighted by molar-refractivity contribution is 0.0636. The van der Waals surface area contributed by atoms with Gasteiger partial charge in [0.25, 0.3) is 0 Å². The van der Waals surface area contributed by atoms with Crippen molar-refractivity contribution in [2.24, 2.45) is 0 Å². The number of carbonyl (C=O) groups excluding carboxylic acids is 1. The average Bonchev–Trinajstić information content (AvgIpc) is 3.07. The van der Waals surface area contributed by atoms with Crippen LogP contribution in [0.5, 0.6) is 0 Å². The summed E-state index contributed by atoms with van der Waals surface area (Å²) in [5.74, 6) is 0. The van der Waals surface area contributed by atoms with Gasteiger partial charge in [-0.3, -0.25) is 5.32 Å². The lowest BCUT2D eigenvalue weighted by Crippen LogP contribution is -2.27. The van der Waals surface area contributed by atoms with Gasteiger partial charge in [0.05, 0.1) is 6.04 Å². The van der Waals surface area contributed by atoms with E-state index >= 15 is 0 Å². The zero-order valence-corrected chi connectivity index (χ0v) is 14.5. The molecule has 1 aromatic carbocycles. The first-order valence-electron chi connectivity index (χ1n) is 7.82. The lowest BCUT2D eigenvalue weighted by atomic mass is 10.1. The van der Waals surface area contributed by atoms with Crippen LogP contribution in [0.2, 0.25) is 0 Å². The van der Waals surface area contributed by atoms with Gasteiger partial charge in [-0.1, -0.05) is 6.07 Å². The number of amides is 1. The maximum atomic E-state index is 11.9. The average molecular weight is 330 g/mol. The van der Waals surface area contributed by atoms with Crippen LogP contribution in [-0.2, 0) is 11.2 Å². The third kappa shape index (κ3) is 4.05. The van der Waals surface area contributed by atoms with Gasteiger partial charge in [-0.15, -0.1) is 0 Å². The van der Waals surface area contributed by atoms with E-state index in [2.05, 4.69) is 39.6 Å². The minimum atomic E-state index is -0.490. The fourth-order valence-corrected chi connectivity index (χ4v) is 3.41. The van der Waals surface area contributed by atoms with Gasteiger partial charge in [0.15, 0.2) is 0 Å². The minimum absolute atomic E-state index is 0.343. The molecule has 23 heavy (non-hydrogen) atoms. The molecule has 0 saturated carbocycles. The molecule has 4 nitrogen and oxygen atoms in total. The second-order valence-electron chi connectivity index (χ2n) is 6.79. The van der Waals surface area contributed by atoms with E-state index in [0.717, 1.165) is 18.5 Å². The first-order valence-corrected chi connectivity index (χ1v) is 8.76. The van der Waals surface area contributed by atoms with Gasteiger partial charge in [0.2, 0.25) is 0 Å². The second-order valence-corrected chi connectivity index (χ2v) is 7.57. The highest BCUT2D eigenvalue weighted by atomic mass is 32.1. The molecule has 2 aromatic rings. The summed E-state index contributed by atoms with van der Waals surface area (Å²) in [7, 11) is 0. The Labute approximate surface area is 140 Å². The molecule has 5 heteroatoms. The van der Waals surface area contributed by atoms with Gasteiger partial charge in [-0.05, 0) is 68.3 Å². The molecular formula is C18H22N2O2S. The van der Waals surface area contributed by atoms with E-state index in [1.807, 2.05) is 26.8 Å². The Bertz CT molecular complexity index is 690. The van der Waals surface area contributed by atoms with Crippen molar-refractivity contribution in [3.63, 3.8) is 0 Å². The molecule has 1 aliphatic carbocycles. The van der Waals surface area contributed by atoms with Crippen molar-refractivity contribution < 1.29 is 9.53 Å². The van der Waals surface area contributed by atoms with Crippen LogP contribution in [-0.4, -0.2) is 11.7 Å². The van der Waals surface area contributed by atoms with Crippen molar-refractivity contribution in [2.75, 3.05) is 10.6 Å². The summed E-state index contributed by atoms with van der Waals surface area (Å²) in [5, 5.41) is 10.6. The van der Waals surface area contributed by atoms with Crippen molar-refractivity contribution in [3.05, 3.63) is 46.2 Å². The van der Waals surface area contributed by atoms with Gasteiger partial charge in [0.1, 0.15) is 5.60 Å². The van der Waals surface area contributed by atoms with E-state index in [4.69, 9.17) is 4.74 Å². The number of hydrogen-bond donors (Lipinski definition) is 2. The largest absolute Gasteiger partial charge is 0.444 e. The number of benzene rings is 1. The maximum Gasteiger partial charge on any atom is 0.412 e. The van der Waals surface area contributed by atoms with E-state index in [0.29, 0.717) is 6.04 Å². The molecule has 0 aliphatic heterocycles. The molecule has 1 atom stereocenters. The first kappa shape index (κ1) is 15.9. The summed E-state index contributed by atoms with van der Waals surface area (Å²) in [6.07, 6.45) is 1.67. The molecular weight excluding hydrogens is 308 g/mol. The zero-order valence-electron chi connectivity index (χ0n) is 13.7. The van der Waals surface area contributed by atoms with Crippen molar-refractivity contribution in [3.8, 4) is 0 Å². The Morgan fingerprint density at radius 1 is 1.26 bits per heavy atom. The van der Waals surface area contributed by atoms with Crippen LogP contribution in [0.15, 0.2) is 35.0 Å². The third-order valence-corrected chi connectivity index (χ3v) is 4.41. The number of nitrogens with one attached hydrogen (secondary N) is 2. The normalized spacial score (nSPS) is 16.7. The third-order valence-electron chi connectivity index (χ3n) is 3.73. The predicted octanol–water partition coefficient (Wildman–Crippen LogP) is 5.19. The van der Waals surface area contributed by atoms with Gasteiger partial charge >= 0.3 is 6.09 Å². The Hall–Kier alpha value is -2.01. The molecule has 122 valence electrons. The molecule has 1 aliphatic rings. The van der Waals surface area contributed by atoms with Crippen molar-refractivity contribution in [1.82, 2.24) is 0 Å². The van der Waals surface area contributed by atoms with E-state index in [1.165, 1.54) is 16.8 Å². The number of ether oxygens (including phenoxy) is 1. The van der Waals surface area contributed by atoms with Crippen LogP contribution in [0.4, 0.5) is 16.2 Å². The van der Waals surface area contributed by atoms with Crippen molar-refractivity contribution in [1.29, 1.82) is 0 Å². The summed E-state index contributed by atoms with van der Waals surface area (Å²) in [6.45, 7) is 5.57. The van der Waals surface area contributed by atoms with Gasteiger partial charge in [-0.2, -0.15) is 11.3 Å². The summed E-state index contributed by atoms with van der Waals surface area (Å²) in [6, 6.07) is 8.53. The zero-order chi connectivity index (χ0) is 16.4. The number of hydrogen-bond acceptors (Lipinski definition) is 4. The molecule has 0 saturated heterocycles. The molecule has 1 aromatic heterocycles. The van der Waals surface area contributed by atoms with E-state index in [-0.39, 0.29) is 0 Å². The Kier molecular flexibility index (Phi) is 4.31. The standard InChI is InChI=1S/C18H22N2O2S/c1-18(2,3)22-17(21)20-13-5-6-15-12(10-13)4-7-16(15)19-14-8-9-23-11-14/h5-6,8-11,16,19H,4,7H2,1-3H3,(H,20,21). The summed E-state index contributed by atoms with van der Waals surface area (Å²) < 4.78 is 5.29. The van der Waals surface area contributed by atoms with E-state index in [9.17, 15) is 4.79 Å².